The first-order chi connectivity index (χ1) is 8.34. The molecule has 0 aliphatic carbocycles. The molecule has 0 N–H and O–H groups in total. The Bertz CT molecular complexity index is 589. The summed E-state index contributed by atoms with van der Waals surface area (Å²) >= 11 is 1.90. The van der Waals surface area contributed by atoms with Crippen LogP contribution >= 0.6 is 11.3 Å². The van der Waals surface area contributed by atoms with Gasteiger partial charge >= 0.3 is 0 Å². The Morgan fingerprint density at radius 2 is 1.59 bits per heavy atom. The smallest absolute Gasteiger partial charge is 0.0345 e. The van der Waals surface area contributed by atoms with E-state index in [0.717, 1.165) is 0 Å². The van der Waals surface area contributed by atoms with Gasteiger partial charge in [-0.25, -0.2) is 0 Å². The summed E-state index contributed by atoms with van der Waals surface area (Å²) in [6.07, 6.45) is 0. The van der Waals surface area contributed by atoms with E-state index in [0.29, 0.717) is 5.92 Å². The molecule has 1 heteroatoms. The van der Waals surface area contributed by atoms with Gasteiger partial charge in [0.05, 0.1) is 0 Å². The van der Waals surface area contributed by atoms with Crippen molar-refractivity contribution in [1.82, 2.24) is 0 Å². The van der Waals surface area contributed by atoms with Crippen molar-refractivity contribution in [2.24, 2.45) is 0 Å². The van der Waals surface area contributed by atoms with E-state index < -0.39 is 0 Å². The van der Waals surface area contributed by atoms with Gasteiger partial charge in [-0.1, -0.05) is 55.5 Å². The first-order valence-corrected chi connectivity index (χ1v) is 6.69. The molecule has 3 rings (SSSR count). The monoisotopic (exact) mass is 238 g/mol. The van der Waals surface area contributed by atoms with E-state index in [4.69, 9.17) is 0 Å². The molecule has 0 fully saturated rings. The maximum Gasteiger partial charge on any atom is 0.0345 e. The van der Waals surface area contributed by atoms with Crippen LogP contribution < -0.4 is 0 Å². The van der Waals surface area contributed by atoms with E-state index in [2.05, 4.69) is 67.6 Å². The Morgan fingerprint density at radius 3 is 2.35 bits per heavy atom. The zero-order chi connectivity index (χ0) is 11.7. The van der Waals surface area contributed by atoms with Gasteiger partial charge in [0.2, 0.25) is 0 Å². The SMILES string of the molecule is CC(c1ccccc1)c1cc2ccccc2s1. The first-order valence-electron chi connectivity index (χ1n) is 5.88. The molecule has 0 spiro atoms. The van der Waals surface area contributed by atoms with Crippen molar-refractivity contribution in [2.75, 3.05) is 0 Å². The van der Waals surface area contributed by atoms with Crippen molar-refractivity contribution in [3.05, 3.63) is 71.1 Å². The molecule has 1 aromatic heterocycles. The lowest BCUT2D eigenvalue weighted by molar-refractivity contribution is 0.949. The zero-order valence-corrected chi connectivity index (χ0v) is 10.6. The molecule has 0 aliphatic heterocycles. The van der Waals surface area contributed by atoms with Crippen LogP contribution in [0.25, 0.3) is 10.1 Å². The van der Waals surface area contributed by atoms with E-state index in [-0.39, 0.29) is 0 Å². The highest BCUT2D eigenvalue weighted by Crippen LogP contribution is 2.33. The normalized spacial score (nSPS) is 12.8. The Labute approximate surface area is 106 Å². The largest absolute Gasteiger partial charge is 0.140 e. The second kappa shape index (κ2) is 4.34. The maximum absolute atomic E-state index is 2.32. The summed E-state index contributed by atoms with van der Waals surface area (Å²) in [4.78, 5) is 1.44. The van der Waals surface area contributed by atoms with Crippen LogP contribution in [0.3, 0.4) is 0 Å². The third kappa shape index (κ3) is 1.98. The highest BCUT2D eigenvalue weighted by atomic mass is 32.1. The summed E-state index contributed by atoms with van der Waals surface area (Å²) in [7, 11) is 0. The lowest BCUT2D eigenvalue weighted by atomic mass is 9.99. The van der Waals surface area contributed by atoms with E-state index in [1.54, 1.807) is 0 Å². The van der Waals surface area contributed by atoms with Crippen LogP contribution in [0.5, 0.6) is 0 Å². The molecule has 3 aromatic rings. The standard InChI is InChI=1S/C16H14S/c1-12(13-7-3-2-4-8-13)16-11-14-9-5-6-10-15(14)17-16/h2-12H,1H3. The summed E-state index contributed by atoms with van der Waals surface area (Å²) in [6, 6.07) is 21.6. The maximum atomic E-state index is 2.32. The van der Waals surface area contributed by atoms with Crippen LogP contribution in [0, 0.1) is 0 Å². The Hall–Kier alpha value is -1.60. The average Bonchev–Trinajstić information content (AvgIpc) is 2.82. The number of hydrogen-bond acceptors (Lipinski definition) is 1. The van der Waals surface area contributed by atoms with Gasteiger partial charge in [-0.2, -0.15) is 0 Å². The van der Waals surface area contributed by atoms with Crippen LogP contribution in [-0.2, 0) is 0 Å². The van der Waals surface area contributed by atoms with Crippen LogP contribution in [-0.4, -0.2) is 0 Å². The minimum atomic E-state index is 0.480. The molecule has 0 amide bonds. The molecule has 1 unspecified atom stereocenters. The lowest BCUT2D eigenvalue weighted by Crippen LogP contribution is -1.91. The quantitative estimate of drug-likeness (QED) is 0.586. The molecular formula is C16H14S. The number of hydrogen-bond donors (Lipinski definition) is 0. The zero-order valence-electron chi connectivity index (χ0n) is 9.76. The fraction of sp³-hybridized carbons (Fsp3) is 0.125. The summed E-state index contributed by atoms with van der Waals surface area (Å²) in [5.41, 5.74) is 1.39. The summed E-state index contributed by atoms with van der Waals surface area (Å²) in [6.45, 7) is 2.28. The highest BCUT2D eigenvalue weighted by molar-refractivity contribution is 7.19. The summed E-state index contributed by atoms with van der Waals surface area (Å²) in [5.74, 6) is 0.480. The fourth-order valence-electron chi connectivity index (χ4n) is 2.12. The average molecular weight is 238 g/mol. The highest BCUT2D eigenvalue weighted by Gasteiger charge is 2.10. The third-order valence-electron chi connectivity index (χ3n) is 3.17. The van der Waals surface area contributed by atoms with E-state index in [1.165, 1.54) is 20.5 Å². The molecule has 2 aromatic carbocycles. The van der Waals surface area contributed by atoms with Crippen molar-refractivity contribution in [1.29, 1.82) is 0 Å². The van der Waals surface area contributed by atoms with Gasteiger partial charge in [0.25, 0.3) is 0 Å². The van der Waals surface area contributed by atoms with Gasteiger partial charge in [0.1, 0.15) is 0 Å². The minimum absolute atomic E-state index is 0.480. The van der Waals surface area contributed by atoms with Gasteiger partial charge in [-0.05, 0) is 23.1 Å². The topological polar surface area (TPSA) is 0 Å². The van der Waals surface area contributed by atoms with Gasteiger partial charge in [0.15, 0.2) is 0 Å². The molecule has 0 saturated heterocycles. The second-order valence-corrected chi connectivity index (χ2v) is 5.43. The van der Waals surface area contributed by atoms with E-state index >= 15 is 0 Å². The number of fused-ring (bicyclic) bond motifs is 1. The molecule has 0 radical (unpaired) electrons. The Balaban J connectivity index is 2.04. The lowest BCUT2D eigenvalue weighted by Gasteiger charge is -2.08. The van der Waals surface area contributed by atoms with Crippen molar-refractivity contribution in [3.8, 4) is 0 Å². The van der Waals surface area contributed by atoms with Crippen LogP contribution in [0.4, 0.5) is 0 Å². The molecular weight excluding hydrogens is 224 g/mol. The van der Waals surface area contributed by atoms with Gasteiger partial charge in [-0.15, -0.1) is 11.3 Å². The molecule has 84 valence electrons. The molecule has 0 nitrogen and oxygen atoms in total. The number of benzene rings is 2. The molecule has 1 heterocycles. The number of thiophene rings is 1. The van der Waals surface area contributed by atoms with E-state index in [9.17, 15) is 0 Å². The predicted molar refractivity (Wildman–Crippen MR) is 75.8 cm³/mol. The Morgan fingerprint density at radius 1 is 0.882 bits per heavy atom. The van der Waals surface area contributed by atoms with Crippen LogP contribution in [0.2, 0.25) is 0 Å². The predicted octanol–water partition coefficient (Wildman–Crippen LogP) is 5.05. The van der Waals surface area contributed by atoms with E-state index in [1.807, 2.05) is 11.3 Å². The van der Waals surface area contributed by atoms with Crippen LogP contribution in [0.1, 0.15) is 23.3 Å². The van der Waals surface area contributed by atoms with Crippen molar-refractivity contribution in [2.45, 2.75) is 12.8 Å². The molecule has 0 saturated carbocycles. The molecule has 0 aliphatic rings. The minimum Gasteiger partial charge on any atom is -0.140 e. The number of rotatable bonds is 2. The van der Waals surface area contributed by atoms with Crippen molar-refractivity contribution < 1.29 is 0 Å². The van der Waals surface area contributed by atoms with Gasteiger partial charge < -0.3 is 0 Å². The first kappa shape index (κ1) is 10.5. The summed E-state index contributed by atoms with van der Waals surface area (Å²) < 4.78 is 1.38. The third-order valence-corrected chi connectivity index (χ3v) is 4.47. The molecule has 1 atom stereocenters. The molecule has 17 heavy (non-hydrogen) atoms. The van der Waals surface area contributed by atoms with Gasteiger partial charge in [-0.3, -0.25) is 0 Å². The fourth-order valence-corrected chi connectivity index (χ4v) is 3.27. The van der Waals surface area contributed by atoms with Crippen molar-refractivity contribution >= 4 is 21.4 Å². The van der Waals surface area contributed by atoms with Crippen LogP contribution in [0.15, 0.2) is 60.7 Å². The second-order valence-electron chi connectivity index (χ2n) is 4.32. The van der Waals surface area contributed by atoms with Gasteiger partial charge in [0, 0.05) is 15.5 Å². The Kier molecular flexibility index (Phi) is 2.69. The summed E-state index contributed by atoms with van der Waals surface area (Å²) in [5, 5.41) is 1.36. The van der Waals surface area contributed by atoms with Crippen molar-refractivity contribution in [3.63, 3.8) is 0 Å². The molecule has 0 bridgehead atoms.